The molecule has 1 aromatic rings. The van der Waals surface area contributed by atoms with Gasteiger partial charge in [0.05, 0.1) is 0 Å². The van der Waals surface area contributed by atoms with Gasteiger partial charge in [0.15, 0.2) is 0 Å². The maximum Gasteiger partial charge on any atom is 0.328 e. The van der Waals surface area contributed by atoms with Crippen molar-refractivity contribution in [3.8, 4) is 0 Å². The molecule has 0 fully saturated rings. The fourth-order valence-corrected chi connectivity index (χ4v) is 2.23. The van der Waals surface area contributed by atoms with Gasteiger partial charge in [0.25, 0.3) is 5.91 Å². The molecular weight excluding hydrogens is 293 g/mol. The normalized spacial score (nSPS) is 12.3. The van der Waals surface area contributed by atoms with Gasteiger partial charge in [-0.25, -0.2) is 9.18 Å². The zero-order valence-corrected chi connectivity index (χ0v) is 12.7. The van der Waals surface area contributed by atoms with Gasteiger partial charge < -0.3 is 10.4 Å². The number of hydrogen-bond acceptors (Lipinski definition) is 3. The van der Waals surface area contributed by atoms with Crippen molar-refractivity contribution in [2.24, 2.45) is 0 Å². The number of carbonyl (C=O) groups is 2. The maximum absolute atomic E-state index is 13.8. The van der Waals surface area contributed by atoms with Gasteiger partial charge in [0.2, 0.25) is 0 Å². The van der Waals surface area contributed by atoms with Crippen molar-refractivity contribution in [3.63, 3.8) is 0 Å². The van der Waals surface area contributed by atoms with Crippen molar-refractivity contribution in [3.05, 3.63) is 41.2 Å². The zero-order valence-electron chi connectivity index (χ0n) is 11.9. The average molecular weight is 311 g/mol. The Labute approximate surface area is 127 Å². The second-order valence-corrected chi connectivity index (χ2v) is 5.55. The van der Waals surface area contributed by atoms with Gasteiger partial charge in [-0.05, 0) is 43.6 Å². The van der Waals surface area contributed by atoms with Gasteiger partial charge in [0, 0.05) is 23.2 Å². The van der Waals surface area contributed by atoms with Crippen molar-refractivity contribution < 1.29 is 19.1 Å². The van der Waals surface area contributed by atoms with Crippen molar-refractivity contribution in [2.75, 3.05) is 12.0 Å². The zero-order chi connectivity index (χ0) is 15.8. The predicted octanol–water partition coefficient (Wildman–Crippen LogP) is 2.79. The number of amides is 1. The fourth-order valence-electron chi connectivity index (χ4n) is 1.64. The molecule has 0 aliphatic rings. The molecule has 4 nitrogen and oxygen atoms in total. The largest absolute Gasteiger partial charge is 0.478 e. The number of carboxylic acids is 1. The smallest absolute Gasteiger partial charge is 0.328 e. The summed E-state index contributed by atoms with van der Waals surface area (Å²) in [7, 11) is 0. The van der Waals surface area contributed by atoms with Crippen LogP contribution in [0.2, 0.25) is 0 Å². The van der Waals surface area contributed by atoms with E-state index in [4.69, 9.17) is 5.11 Å². The monoisotopic (exact) mass is 311 g/mol. The van der Waals surface area contributed by atoms with Crippen LogP contribution in [0.25, 0.3) is 6.08 Å². The molecule has 0 saturated carbocycles. The first-order valence-electron chi connectivity index (χ1n) is 6.44. The summed E-state index contributed by atoms with van der Waals surface area (Å²) in [6.45, 7) is 1.90. The first-order chi connectivity index (χ1) is 9.93. The predicted molar refractivity (Wildman–Crippen MR) is 83.0 cm³/mol. The number of hydrogen-bond donors (Lipinski definition) is 2. The van der Waals surface area contributed by atoms with Crippen LogP contribution in [-0.2, 0) is 4.79 Å². The summed E-state index contributed by atoms with van der Waals surface area (Å²) in [5.74, 6) is -1.18. The number of carboxylic acid groups (broad SMARTS) is 1. The number of benzene rings is 1. The summed E-state index contributed by atoms with van der Waals surface area (Å²) in [6, 6.07) is 3.98. The number of carbonyl (C=O) groups excluding carboxylic acids is 1. The highest BCUT2D eigenvalue weighted by molar-refractivity contribution is 7.98. The molecule has 0 spiro atoms. The fraction of sp³-hybridized carbons (Fsp3) is 0.333. The lowest BCUT2D eigenvalue weighted by Gasteiger charge is -2.13. The van der Waals surface area contributed by atoms with Crippen LogP contribution < -0.4 is 5.32 Å². The summed E-state index contributed by atoms with van der Waals surface area (Å²) in [5.41, 5.74) is 0.348. The molecule has 2 N–H and O–H groups in total. The first-order valence-corrected chi connectivity index (χ1v) is 7.83. The minimum absolute atomic E-state index is 0.0135. The molecule has 0 aromatic heterocycles. The molecule has 0 heterocycles. The summed E-state index contributed by atoms with van der Waals surface area (Å²) in [5, 5.41) is 11.3. The van der Waals surface area contributed by atoms with Crippen LogP contribution >= 0.6 is 11.8 Å². The van der Waals surface area contributed by atoms with Gasteiger partial charge in [-0.15, -0.1) is 0 Å². The number of thioether (sulfide) groups is 1. The topological polar surface area (TPSA) is 66.4 Å². The van der Waals surface area contributed by atoms with E-state index in [9.17, 15) is 14.0 Å². The van der Waals surface area contributed by atoms with Crippen LogP contribution in [0.5, 0.6) is 0 Å². The Morgan fingerprint density at radius 1 is 1.48 bits per heavy atom. The second kappa shape index (κ2) is 8.46. The number of rotatable bonds is 7. The minimum Gasteiger partial charge on any atom is -0.478 e. The first kappa shape index (κ1) is 17.2. The van der Waals surface area contributed by atoms with Crippen LogP contribution in [0, 0.1) is 5.82 Å². The Hall–Kier alpha value is -1.82. The molecule has 1 atom stereocenters. The van der Waals surface area contributed by atoms with E-state index in [0.29, 0.717) is 0 Å². The molecule has 0 aliphatic carbocycles. The molecule has 0 radical (unpaired) electrons. The van der Waals surface area contributed by atoms with Crippen LogP contribution in [0.3, 0.4) is 0 Å². The van der Waals surface area contributed by atoms with Gasteiger partial charge in [0.1, 0.15) is 5.82 Å². The summed E-state index contributed by atoms with van der Waals surface area (Å²) < 4.78 is 13.8. The van der Waals surface area contributed by atoms with E-state index in [0.717, 1.165) is 30.4 Å². The van der Waals surface area contributed by atoms with E-state index in [-0.39, 0.29) is 23.1 Å². The van der Waals surface area contributed by atoms with Crippen LogP contribution in [-0.4, -0.2) is 35.0 Å². The van der Waals surface area contributed by atoms with Crippen molar-refractivity contribution >= 4 is 29.7 Å². The Balaban J connectivity index is 2.74. The molecule has 0 saturated heterocycles. The third-order valence-electron chi connectivity index (χ3n) is 2.80. The summed E-state index contributed by atoms with van der Waals surface area (Å²) in [4.78, 5) is 22.3. The molecule has 0 aliphatic heterocycles. The van der Waals surface area contributed by atoms with Crippen LogP contribution in [0.1, 0.15) is 29.3 Å². The van der Waals surface area contributed by atoms with Crippen molar-refractivity contribution in [1.29, 1.82) is 0 Å². The Morgan fingerprint density at radius 3 is 2.76 bits per heavy atom. The van der Waals surface area contributed by atoms with Crippen LogP contribution in [0.15, 0.2) is 24.3 Å². The lowest BCUT2D eigenvalue weighted by atomic mass is 10.1. The van der Waals surface area contributed by atoms with Gasteiger partial charge in [-0.2, -0.15) is 11.8 Å². The van der Waals surface area contributed by atoms with E-state index >= 15 is 0 Å². The highest BCUT2D eigenvalue weighted by Gasteiger charge is 2.11. The summed E-state index contributed by atoms with van der Waals surface area (Å²) >= 11 is 1.70. The second-order valence-electron chi connectivity index (χ2n) is 4.56. The summed E-state index contributed by atoms with van der Waals surface area (Å²) in [6.07, 6.45) is 4.84. The van der Waals surface area contributed by atoms with Crippen molar-refractivity contribution in [2.45, 2.75) is 19.4 Å². The lowest BCUT2D eigenvalue weighted by Crippen LogP contribution is -2.33. The Kier molecular flexibility index (Phi) is 6.94. The molecule has 1 rings (SSSR count). The third kappa shape index (κ3) is 5.99. The van der Waals surface area contributed by atoms with Gasteiger partial charge >= 0.3 is 5.97 Å². The third-order valence-corrected chi connectivity index (χ3v) is 3.44. The Bertz CT molecular complexity index is 546. The molecule has 21 heavy (non-hydrogen) atoms. The van der Waals surface area contributed by atoms with Crippen LogP contribution in [0.4, 0.5) is 4.39 Å². The van der Waals surface area contributed by atoms with E-state index in [1.807, 2.05) is 13.2 Å². The number of halogens is 1. The minimum atomic E-state index is -1.15. The molecule has 6 heteroatoms. The highest BCUT2D eigenvalue weighted by atomic mass is 32.2. The van der Waals surface area contributed by atoms with E-state index in [1.165, 1.54) is 12.1 Å². The van der Waals surface area contributed by atoms with E-state index in [1.54, 1.807) is 11.8 Å². The maximum atomic E-state index is 13.8. The number of nitrogens with one attached hydrogen (secondary N) is 1. The van der Waals surface area contributed by atoms with E-state index in [2.05, 4.69) is 5.32 Å². The quantitative estimate of drug-likeness (QED) is 0.760. The SMILES string of the molecule is CSCCC(C)NC(=O)c1ccc(/C=C/C(=O)O)c(F)c1. The highest BCUT2D eigenvalue weighted by Crippen LogP contribution is 2.13. The van der Waals surface area contributed by atoms with Crippen molar-refractivity contribution in [1.82, 2.24) is 5.32 Å². The molecule has 1 unspecified atom stereocenters. The Morgan fingerprint density at radius 2 is 2.19 bits per heavy atom. The molecule has 1 amide bonds. The van der Waals surface area contributed by atoms with Gasteiger partial charge in [-0.3, -0.25) is 4.79 Å². The molecule has 1 aromatic carbocycles. The number of aliphatic carboxylic acids is 1. The molecule has 0 bridgehead atoms. The standard InChI is InChI=1S/C15H18FNO3S/c1-10(7-8-21-2)17-15(20)12-4-3-11(13(16)9-12)5-6-14(18)19/h3-6,9-10H,7-8H2,1-2H3,(H,17,20)(H,18,19)/b6-5+. The average Bonchev–Trinajstić information content (AvgIpc) is 2.43. The molecular formula is C15H18FNO3S. The molecule has 114 valence electrons. The van der Waals surface area contributed by atoms with Gasteiger partial charge in [-0.1, -0.05) is 6.07 Å². The van der Waals surface area contributed by atoms with E-state index < -0.39 is 11.8 Å². The lowest BCUT2D eigenvalue weighted by molar-refractivity contribution is -0.131.